The maximum Gasteiger partial charge on any atom is 0.340 e. The summed E-state index contributed by atoms with van der Waals surface area (Å²) in [4.78, 5) is 11.0. The zero-order chi connectivity index (χ0) is 13.2. The van der Waals surface area contributed by atoms with Gasteiger partial charge in [0, 0.05) is 12.3 Å². The molecule has 1 rings (SSSR count). The number of sulfone groups is 1. The van der Waals surface area contributed by atoms with Gasteiger partial charge in [0.1, 0.15) is 20.4 Å². The number of nitrogens with zero attached hydrogens (tertiary/aromatic N) is 1. The predicted molar refractivity (Wildman–Crippen MR) is 66.6 cm³/mol. The van der Waals surface area contributed by atoms with Gasteiger partial charge < -0.3 is 10.4 Å². The number of carboxylic acid groups (broad SMARTS) is 1. The van der Waals surface area contributed by atoms with Crippen LogP contribution in [0.3, 0.4) is 0 Å². The third kappa shape index (κ3) is 3.97. The highest BCUT2D eigenvalue weighted by molar-refractivity contribution is 7.90. The lowest BCUT2D eigenvalue weighted by molar-refractivity contribution is 0.0697. The van der Waals surface area contributed by atoms with Gasteiger partial charge >= 0.3 is 5.97 Å². The molecule has 0 aromatic carbocycles. The molecule has 1 atom stereocenters. The minimum absolute atomic E-state index is 0.0526. The Kier molecular flexibility index (Phi) is 4.10. The molecule has 2 N–H and O–H groups in total. The summed E-state index contributed by atoms with van der Waals surface area (Å²) in [5.41, 5.74) is 0.534. The van der Waals surface area contributed by atoms with Crippen LogP contribution in [0.15, 0.2) is 0 Å². The summed E-state index contributed by atoms with van der Waals surface area (Å²) < 4.78 is 26.1. The Morgan fingerprint density at radius 2 is 2.18 bits per heavy atom. The predicted octanol–water partition coefficient (Wildman–Crippen LogP) is 0.995. The molecule has 0 aliphatic heterocycles. The standard InChI is InChI=1S/C9H14N2O4S2/c1-5(4-17(3,14)15)10-8-7(9(12)13)6(2)11-16-8/h5,10H,4H2,1-3H3,(H,12,13). The fourth-order valence-electron chi connectivity index (χ4n) is 1.44. The molecule has 8 heteroatoms. The van der Waals surface area contributed by atoms with E-state index in [0.717, 1.165) is 17.8 Å². The van der Waals surface area contributed by atoms with Crippen molar-refractivity contribution < 1.29 is 18.3 Å². The molecule has 1 unspecified atom stereocenters. The van der Waals surface area contributed by atoms with Crippen molar-refractivity contribution >= 4 is 32.3 Å². The Bertz CT molecular complexity index is 521. The third-order valence-corrected chi connectivity index (χ3v) is 3.98. The number of carboxylic acids is 1. The fourth-order valence-corrected chi connectivity index (χ4v) is 3.33. The van der Waals surface area contributed by atoms with Gasteiger partial charge in [-0.05, 0) is 25.4 Å². The van der Waals surface area contributed by atoms with Crippen LogP contribution in [-0.4, -0.2) is 41.9 Å². The molecule has 0 saturated carbocycles. The first kappa shape index (κ1) is 13.9. The maximum absolute atomic E-state index is 11.1. The van der Waals surface area contributed by atoms with E-state index < -0.39 is 15.8 Å². The van der Waals surface area contributed by atoms with Crippen LogP contribution >= 0.6 is 11.5 Å². The van der Waals surface area contributed by atoms with Crippen LogP contribution in [0.2, 0.25) is 0 Å². The van der Waals surface area contributed by atoms with Gasteiger partial charge in [-0.3, -0.25) is 0 Å². The summed E-state index contributed by atoms with van der Waals surface area (Å²) >= 11 is 1.02. The average Bonchev–Trinajstić information content (AvgIpc) is 2.42. The Morgan fingerprint density at radius 1 is 1.59 bits per heavy atom. The van der Waals surface area contributed by atoms with Crippen molar-refractivity contribution in [3.05, 3.63) is 11.3 Å². The Hall–Kier alpha value is -1.15. The molecule has 0 aliphatic rings. The number of anilines is 1. The van der Waals surface area contributed by atoms with Gasteiger partial charge in [-0.1, -0.05) is 0 Å². The summed E-state index contributed by atoms with van der Waals surface area (Å²) in [7, 11) is -3.10. The molecule has 1 aromatic rings. The minimum Gasteiger partial charge on any atom is -0.478 e. The van der Waals surface area contributed by atoms with Crippen LogP contribution in [0, 0.1) is 6.92 Å². The van der Waals surface area contributed by atoms with Crippen molar-refractivity contribution in [3.8, 4) is 0 Å². The fraction of sp³-hybridized carbons (Fsp3) is 0.556. The van der Waals surface area contributed by atoms with Gasteiger partial charge in [-0.25, -0.2) is 13.2 Å². The van der Waals surface area contributed by atoms with E-state index in [1.165, 1.54) is 0 Å². The molecule has 0 fully saturated rings. The van der Waals surface area contributed by atoms with Crippen LogP contribution in [0.25, 0.3) is 0 Å². The van der Waals surface area contributed by atoms with Crippen LogP contribution in [0.4, 0.5) is 5.00 Å². The van der Waals surface area contributed by atoms with Crippen molar-refractivity contribution in [2.45, 2.75) is 19.9 Å². The number of aromatic carboxylic acids is 1. The highest BCUT2D eigenvalue weighted by Crippen LogP contribution is 2.25. The molecule has 6 nitrogen and oxygen atoms in total. The second kappa shape index (κ2) is 5.01. The number of hydrogen-bond donors (Lipinski definition) is 2. The van der Waals surface area contributed by atoms with Crippen molar-refractivity contribution in [3.63, 3.8) is 0 Å². The van der Waals surface area contributed by atoms with E-state index in [2.05, 4.69) is 9.69 Å². The van der Waals surface area contributed by atoms with Crippen molar-refractivity contribution in [2.75, 3.05) is 17.3 Å². The first-order valence-corrected chi connectivity index (χ1v) is 7.68. The molecule has 1 heterocycles. The molecule has 1 aromatic heterocycles. The third-order valence-electron chi connectivity index (χ3n) is 2.01. The van der Waals surface area contributed by atoms with Crippen LogP contribution < -0.4 is 5.32 Å². The summed E-state index contributed by atoms with van der Waals surface area (Å²) in [5.74, 6) is -1.12. The van der Waals surface area contributed by atoms with E-state index in [0.29, 0.717) is 10.7 Å². The zero-order valence-corrected chi connectivity index (χ0v) is 11.4. The molecule has 0 radical (unpaired) electrons. The van der Waals surface area contributed by atoms with E-state index in [-0.39, 0.29) is 17.4 Å². The smallest absolute Gasteiger partial charge is 0.340 e. The average molecular weight is 278 g/mol. The Morgan fingerprint density at radius 3 is 2.65 bits per heavy atom. The van der Waals surface area contributed by atoms with Gasteiger partial charge in [-0.2, -0.15) is 4.37 Å². The topological polar surface area (TPSA) is 96.4 Å². The van der Waals surface area contributed by atoms with E-state index in [4.69, 9.17) is 5.11 Å². The van der Waals surface area contributed by atoms with Crippen LogP contribution in [0.1, 0.15) is 23.0 Å². The van der Waals surface area contributed by atoms with Gasteiger partial charge in [0.2, 0.25) is 0 Å². The highest BCUT2D eigenvalue weighted by atomic mass is 32.2. The largest absolute Gasteiger partial charge is 0.478 e. The monoisotopic (exact) mass is 278 g/mol. The van der Waals surface area contributed by atoms with Crippen molar-refractivity contribution in [1.29, 1.82) is 0 Å². The normalized spacial score (nSPS) is 13.4. The SMILES string of the molecule is Cc1nsc(NC(C)CS(C)(=O)=O)c1C(=O)O. The first-order chi connectivity index (χ1) is 7.70. The maximum atomic E-state index is 11.1. The second-order valence-corrected chi connectivity index (χ2v) is 6.87. The quantitative estimate of drug-likeness (QED) is 0.834. The van der Waals surface area contributed by atoms with Crippen LogP contribution in [0.5, 0.6) is 0 Å². The molecule has 0 amide bonds. The van der Waals surface area contributed by atoms with Gasteiger partial charge in [0.05, 0.1) is 11.4 Å². The van der Waals surface area contributed by atoms with Gasteiger partial charge in [-0.15, -0.1) is 0 Å². The lowest BCUT2D eigenvalue weighted by Gasteiger charge is -2.12. The summed E-state index contributed by atoms with van der Waals surface area (Å²) in [6.07, 6.45) is 1.14. The Labute approximate surface area is 104 Å². The number of aryl methyl sites for hydroxylation is 1. The van der Waals surface area contributed by atoms with E-state index in [1.54, 1.807) is 13.8 Å². The van der Waals surface area contributed by atoms with Crippen molar-refractivity contribution in [2.24, 2.45) is 0 Å². The molecule has 0 aliphatic carbocycles. The second-order valence-electron chi connectivity index (χ2n) is 3.92. The zero-order valence-electron chi connectivity index (χ0n) is 9.72. The lowest BCUT2D eigenvalue weighted by Crippen LogP contribution is -2.25. The molecule has 96 valence electrons. The van der Waals surface area contributed by atoms with E-state index in [9.17, 15) is 13.2 Å². The number of aromatic nitrogens is 1. The molecule has 0 spiro atoms. The first-order valence-electron chi connectivity index (χ1n) is 4.84. The molecule has 17 heavy (non-hydrogen) atoms. The molecule has 0 bridgehead atoms. The number of nitrogens with one attached hydrogen (secondary N) is 1. The number of rotatable bonds is 5. The van der Waals surface area contributed by atoms with Crippen LogP contribution in [-0.2, 0) is 9.84 Å². The lowest BCUT2D eigenvalue weighted by atomic mass is 10.2. The van der Waals surface area contributed by atoms with Gasteiger partial charge in [0.25, 0.3) is 0 Å². The van der Waals surface area contributed by atoms with Gasteiger partial charge in [0.15, 0.2) is 0 Å². The molecular weight excluding hydrogens is 264 g/mol. The summed E-state index contributed by atoms with van der Waals surface area (Å²) in [5, 5.41) is 12.2. The van der Waals surface area contributed by atoms with E-state index >= 15 is 0 Å². The molecular formula is C9H14N2O4S2. The highest BCUT2D eigenvalue weighted by Gasteiger charge is 2.20. The minimum atomic E-state index is -3.10. The van der Waals surface area contributed by atoms with E-state index in [1.807, 2.05) is 0 Å². The van der Waals surface area contributed by atoms with Crippen molar-refractivity contribution in [1.82, 2.24) is 4.37 Å². The summed E-state index contributed by atoms with van der Waals surface area (Å²) in [6.45, 7) is 3.29. The number of hydrogen-bond acceptors (Lipinski definition) is 6. The molecule has 0 saturated heterocycles. The Balaban J connectivity index is 2.86. The number of carbonyl (C=O) groups is 1. The summed E-state index contributed by atoms with van der Waals surface area (Å²) in [6, 6.07) is -0.358.